The van der Waals surface area contributed by atoms with Crippen LogP contribution in [-0.2, 0) is 0 Å². The molecule has 2 nitrogen and oxygen atoms in total. The van der Waals surface area contributed by atoms with Crippen molar-refractivity contribution in [1.29, 1.82) is 5.26 Å². The Hall–Kier alpha value is -1.46. The number of aromatic nitrogens is 1. The zero-order valence-electron chi connectivity index (χ0n) is 6.13. The lowest BCUT2D eigenvalue weighted by Gasteiger charge is -1.88. The van der Waals surface area contributed by atoms with Gasteiger partial charge in [0.2, 0.25) is 0 Å². The number of aromatic amines is 1. The molecule has 12 heavy (non-hydrogen) atoms. The van der Waals surface area contributed by atoms with Crippen molar-refractivity contribution in [3.8, 4) is 6.07 Å². The molecule has 0 fully saturated rings. The fourth-order valence-corrected chi connectivity index (χ4v) is 1.38. The van der Waals surface area contributed by atoms with Gasteiger partial charge >= 0.3 is 0 Å². The summed E-state index contributed by atoms with van der Waals surface area (Å²) in [5, 5.41) is 10.2. The van der Waals surface area contributed by atoms with Crippen molar-refractivity contribution >= 4 is 22.5 Å². The van der Waals surface area contributed by atoms with Gasteiger partial charge in [-0.15, -0.1) is 0 Å². The minimum Gasteiger partial charge on any atom is -0.346 e. The first kappa shape index (κ1) is 7.20. The number of rotatable bonds is 0. The number of nitrogens with zero attached hydrogens (tertiary/aromatic N) is 1. The van der Waals surface area contributed by atoms with Gasteiger partial charge in [-0.1, -0.05) is 17.7 Å². The van der Waals surface area contributed by atoms with E-state index in [-0.39, 0.29) is 0 Å². The van der Waals surface area contributed by atoms with Gasteiger partial charge in [0.1, 0.15) is 5.15 Å². The molecular weight excluding hydrogens is 172 g/mol. The summed E-state index contributed by atoms with van der Waals surface area (Å²) in [6.45, 7) is 0. The fraction of sp³-hybridized carbons (Fsp3) is 0. The molecule has 0 saturated heterocycles. The van der Waals surface area contributed by atoms with Crippen molar-refractivity contribution in [2.75, 3.05) is 0 Å². The molecule has 1 heterocycles. The quantitative estimate of drug-likeness (QED) is 0.659. The van der Waals surface area contributed by atoms with Crippen molar-refractivity contribution in [1.82, 2.24) is 4.98 Å². The summed E-state index contributed by atoms with van der Waals surface area (Å²) in [6, 6.07) is 9.32. The monoisotopic (exact) mass is 176 g/mol. The molecule has 2 rings (SSSR count). The lowest BCUT2D eigenvalue weighted by molar-refractivity contribution is 1.45. The Labute approximate surface area is 74.4 Å². The number of H-pyrrole nitrogens is 1. The van der Waals surface area contributed by atoms with Crippen LogP contribution in [0.15, 0.2) is 24.3 Å². The lowest BCUT2D eigenvalue weighted by atomic mass is 10.2. The molecule has 1 aromatic carbocycles. The highest BCUT2D eigenvalue weighted by molar-refractivity contribution is 6.30. The van der Waals surface area contributed by atoms with Crippen LogP contribution in [0, 0.1) is 11.3 Å². The van der Waals surface area contributed by atoms with Gasteiger partial charge in [-0.3, -0.25) is 0 Å². The first-order valence-electron chi connectivity index (χ1n) is 3.48. The lowest BCUT2D eigenvalue weighted by Crippen LogP contribution is -1.72. The van der Waals surface area contributed by atoms with Crippen molar-refractivity contribution in [2.24, 2.45) is 0 Å². The maximum Gasteiger partial charge on any atom is 0.107 e. The van der Waals surface area contributed by atoms with E-state index in [1.165, 1.54) is 0 Å². The molecule has 0 saturated carbocycles. The van der Waals surface area contributed by atoms with Crippen molar-refractivity contribution in [3.05, 3.63) is 35.0 Å². The van der Waals surface area contributed by atoms with Gasteiger partial charge in [0.25, 0.3) is 0 Å². The van der Waals surface area contributed by atoms with E-state index in [0.29, 0.717) is 10.7 Å². The van der Waals surface area contributed by atoms with Crippen LogP contribution in [0.3, 0.4) is 0 Å². The van der Waals surface area contributed by atoms with Gasteiger partial charge in [-0.2, -0.15) is 5.26 Å². The summed E-state index contributed by atoms with van der Waals surface area (Å²) in [6.07, 6.45) is 0. The van der Waals surface area contributed by atoms with Crippen molar-refractivity contribution < 1.29 is 0 Å². The highest BCUT2D eigenvalue weighted by atomic mass is 35.5. The third kappa shape index (κ3) is 1.05. The van der Waals surface area contributed by atoms with Crippen molar-refractivity contribution in [3.63, 3.8) is 0 Å². The molecule has 0 bridgehead atoms. The standard InChI is InChI=1S/C9H5ClN2/c10-9-4-7-2-1-6(5-11)3-8(7)12-9/h1-4,12H. The topological polar surface area (TPSA) is 39.6 Å². The summed E-state index contributed by atoms with van der Waals surface area (Å²) in [5.74, 6) is 0. The van der Waals surface area contributed by atoms with Crippen LogP contribution in [0.1, 0.15) is 5.56 Å². The normalized spacial score (nSPS) is 10.0. The Balaban J connectivity index is 2.77. The number of nitriles is 1. The molecule has 0 atom stereocenters. The van der Waals surface area contributed by atoms with Crippen molar-refractivity contribution in [2.45, 2.75) is 0 Å². The SMILES string of the molecule is N#Cc1ccc2cc(Cl)[nH]c2c1. The Bertz CT molecular complexity index is 465. The Morgan fingerprint density at radius 2 is 2.17 bits per heavy atom. The smallest absolute Gasteiger partial charge is 0.107 e. The first-order chi connectivity index (χ1) is 5.79. The number of nitrogens with one attached hydrogen (secondary N) is 1. The van der Waals surface area contributed by atoms with Crippen LogP contribution in [0.2, 0.25) is 5.15 Å². The highest BCUT2D eigenvalue weighted by Crippen LogP contribution is 2.19. The maximum atomic E-state index is 8.61. The molecule has 0 amide bonds. The van der Waals surface area contributed by atoms with E-state index in [4.69, 9.17) is 16.9 Å². The molecule has 2 aromatic rings. The first-order valence-corrected chi connectivity index (χ1v) is 3.86. The predicted octanol–water partition coefficient (Wildman–Crippen LogP) is 2.69. The van der Waals surface area contributed by atoms with Gasteiger partial charge in [0, 0.05) is 10.9 Å². The summed E-state index contributed by atoms with van der Waals surface area (Å²) >= 11 is 5.74. The predicted molar refractivity (Wildman–Crippen MR) is 48.0 cm³/mol. The molecule has 1 N–H and O–H groups in total. The number of hydrogen-bond donors (Lipinski definition) is 1. The number of hydrogen-bond acceptors (Lipinski definition) is 1. The number of fused-ring (bicyclic) bond motifs is 1. The van der Waals surface area contributed by atoms with Crippen LogP contribution < -0.4 is 0 Å². The van der Waals surface area contributed by atoms with E-state index in [9.17, 15) is 0 Å². The second-order valence-corrected chi connectivity index (χ2v) is 2.94. The van der Waals surface area contributed by atoms with E-state index < -0.39 is 0 Å². The second-order valence-electron chi connectivity index (χ2n) is 2.53. The third-order valence-corrected chi connectivity index (χ3v) is 1.92. The van der Waals surface area contributed by atoms with Crippen LogP contribution in [0.4, 0.5) is 0 Å². The Kier molecular flexibility index (Phi) is 1.53. The van der Waals surface area contributed by atoms with Crippen LogP contribution in [0.5, 0.6) is 0 Å². The molecule has 0 spiro atoms. The summed E-state index contributed by atoms with van der Waals surface area (Å²) < 4.78 is 0. The molecule has 1 aromatic heterocycles. The number of benzene rings is 1. The molecule has 0 aliphatic carbocycles. The molecule has 0 aliphatic heterocycles. The van der Waals surface area contributed by atoms with Gasteiger partial charge < -0.3 is 4.98 Å². The van der Waals surface area contributed by atoms with Crippen LogP contribution in [0.25, 0.3) is 10.9 Å². The largest absolute Gasteiger partial charge is 0.346 e. The summed E-state index contributed by atoms with van der Waals surface area (Å²) in [4.78, 5) is 2.95. The molecule has 3 heteroatoms. The van der Waals surface area contributed by atoms with Gasteiger partial charge in [0.05, 0.1) is 11.6 Å². The van der Waals surface area contributed by atoms with E-state index >= 15 is 0 Å². The minimum absolute atomic E-state index is 0.597. The summed E-state index contributed by atoms with van der Waals surface area (Å²) in [5.41, 5.74) is 1.54. The Morgan fingerprint density at radius 3 is 2.92 bits per heavy atom. The van der Waals surface area contributed by atoms with Gasteiger partial charge in [-0.05, 0) is 18.2 Å². The number of halogens is 1. The minimum atomic E-state index is 0.597. The zero-order chi connectivity index (χ0) is 8.55. The maximum absolute atomic E-state index is 8.61. The molecule has 58 valence electrons. The summed E-state index contributed by atoms with van der Waals surface area (Å²) in [7, 11) is 0. The van der Waals surface area contributed by atoms with Gasteiger partial charge in [-0.25, -0.2) is 0 Å². The molecule has 0 unspecified atom stereocenters. The average Bonchev–Trinajstić information content (AvgIpc) is 2.43. The second kappa shape index (κ2) is 2.54. The van der Waals surface area contributed by atoms with Crippen LogP contribution in [-0.4, -0.2) is 4.98 Å². The average molecular weight is 177 g/mol. The highest BCUT2D eigenvalue weighted by Gasteiger charge is 1.98. The fourth-order valence-electron chi connectivity index (χ4n) is 1.16. The van der Waals surface area contributed by atoms with E-state index in [1.54, 1.807) is 12.1 Å². The van der Waals surface area contributed by atoms with E-state index in [2.05, 4.69) is 11.1 Å². The Morgan fingerprint density at radius 1 is 1.33 bits per heavy atom. The third-order valence-electron chi connectivity index (χ3n) is 1.72. The van der Waals surface area contributed by atoms with E-state index in [1.807, 2.05) is 12.1 Å². The molecule has 0 aliphatic rings. The molecule has 0 radical (unpaired) electrons. The van der Waals surface area contributed by atoms with Gasteiger partial charge in [0.15, 0.2) is 0 Å². The van der Waals surface area contributed by atoms with E-state index in [0.717, 1.165) is 10.9 Å². The zero-order valence-corrected chi connectivity index (χ0v) is 6.89. The van der Waals surface area contributed by atoms with Crippen LogP contribution >= 0.6 is 11.6 Å². The molecular formula is C9H5ClN2.